The van der Waals surface area contributed by atoms with Gasteiger partial charge in [-0.1, -0.05) is 51.0 Å². The molecule has 0 saturated carbocycles. The van der Waals surface area contributed by atoms with Crippen LogP contribution in [0.25, 0.3) is 10.8 Å². The van der Waals surface area contributed by atoms with Crippen molar-refractivity contribution in [1.82, 2.24) is 4.98 Å². The minimum absolute atomic E-state index is 0.739. The third kappa shape index (κ3) is 2.39. The van der Waals surface area contributed by atoms with Crippen LogP contribution in [-0.4, -0.2) is 10.1 Å². The highest BCUT2D eigenvalue weighted by Crippen LogP contribution is 2.35. The van der Waals surface area contributed by atoms with E-state index >= 15 is 0 Å². The number of benzene rings is 1. The molecule has 1 heterocycles. The lowest BCUT2D eigenvalue weighted by Gasteiger charge is -2.29. The maximum atomic E-state index is 10.9. The molecule has 0 atom stereocenters. The Kier molecular flexibility index (Phi) is 3.97. The predicted octanol–water partition coefficient (Wildman–Crippen LogP) is 4.02. The van der Waals surface area contributed by atoms with E-state index in [-0.39, 0.29) is 0 Å². The van der Waals surface area contributed by atoms with Crippen LogP contribution in [0.1, 0.15) is 45.1 Å². The van der Waals surface area contributed by atoms with Gasteiger partial charge in [-0.2, -0.15) is 0 Å². The van der Waals surface area contributed by atoms with Crippen molar-refractivity contribution in [3.63, 3.8) is 0 Å². The highest BCUT2D eigenvalue weighted by atomic mass is 16.3. The minimum atomic E-state index is -0.739. The van der Waals surface area contributed by atoms with Crippen molar-refractivity contribution in [1.29, 1.82) is 0 Å². The zero-order chi connectivity index (χ0) is 13.0. The first-order valence-electron chi connectivity index (χ1n) is 6.77. The second-order valence-electron chi connectivity index (χ2n) is 4.94. The number of aliphatic hydroxyl groups is 1. The summed E-state index contributed by atoms with van der Waals surface area (Å²) in [4.78, 5) is 4.28. The van der Waals surface area contributed by atoms with Crippen LogP contribution >= 0.6 is 0 Å². The molecule has 0 amide bonds. The number of hydrogen-bond acceptors (Lipinski definition) is 2. The van der Waals surface area contributed by atoms with Crippen LogP contribution in [-0.2, 0) is 5.60 Å². The highest BCUT2D eigenvalue weighted by Gasteiger charge is 2.29. The molecule has 18 heavy (non-hydrogen) atoms. The molecule has 2 rings (SSSR count). The number of rotatable bonds is 5. The van der Waals surface area contributed by atoms with Gasteiger partial charge in [-0.25, -0.2) is 0 Å². The second-order valence-corrected chi connectivity index (χ2v) is 4.94. The summed E-state index contributed by atoms with van der Waals surface area (Å²) >= 11 is 0. The van der Waals surface area contributed by atoms with Crippen molar-refractivity contribution >= 4 is 10.8 Å². The molecule has 2 heteroatoms. The Hall–Kier alpha value is -1.41. The van der Waals surface area contributed by atoms with E-state index in [4.69, 9.17) is 0 Å². The van der Waals surface area contributed by atoms with E-state index in [1.807, 2.05) is 30.6 Å². The Morgan fingerprint density at radius 1 is 1.06 bits per heavy atom. The Labute approximate surface area is 109 Å². The van der Waals surface area contributed by atoms with E-state index in [1.165, 1.54) is 0 Å². The van der Waals surface area contributed by atoms with Gasteiger partial charge in [0.15, 0.2) is 0 Å². The van der Waals surface area contributed by atoms with E-state index in [2.05, 4.69) is 24.9 Å². The summed E-state index contributed by atoms with van der Waals surface area (Å²) in [5.41, 5.74) is 0.237. The van der Waals surface area contributed by atoms with Gasteiger partial charge in [-0.3, -0.25) is 4.98 Å². The first-order valence-corrected chi connectivity index (χ1v) is 6.77. The molecule has 1 N–H and O–H groups in total. The van der Waals surface area contributed by atoms with Gasteiger partial charge in [0.05, 0.1) is 5.60 Å². The molecular weight excluding hydrogens is 222 g/mol. The average Bonchev–Trinajstić information content (AvgIpc) is 2.38. The number of aromatic nitrogens is 1. The van der Waals surface area contributed by atoms with Crippen molar-refractivity contribution in [2.45, 2.75) is 45.1 Å². The maximum absolute atomic E-state index is 10.9. The molecule has 0 unspecified atom stereocenters. The van der Waals surface area contributed by atoms with E-state index in [0.717, 1.165) is 42.0 Å². The maximum Gasteiger partial charge on any atom is 0.0917 e. The molecule has 1 aromatic heterocycles. The van der Waals surface area contributed by atoms with Crippen LogP contribution in [0.15, 0.2) is 36.7 Å². The van der Waals surface area contributed by atoms with Crippen LogP contribution in [0.3, 0.4) is 0 Å². The smallest absolute Gasteiger partial charge is 0.0917 e. The number of hydrogen-bond donors (Lipinski definition) is 1. The van der Waals surface area contributed by atoms with E-state index < -0.39 is 5.60 Å². The van der Waals surface area contributed by atoms with Crippen LogP contribution in [0.4, 0.5) is 0 Å². The molecule has 0 bridgehead atoms. The fourth-order valence-electron chi connectivity index (χ4n) is 2.71. The second kappa shape index (κ2) is 5.49. The van der Waals surface area contributed by atoms with Gasteiger partial charge in [0, 0.05) is 23.3 Å². The number of pyridine rings is 1. The van der Waals surface area contributed by atoms with Crippen molar-refractivity contribution in [2.75, 3.05) is 0 Å². The third-order valence-corrected chi connectivity index (χ3v) is 3.50. The molecule has 96 valence electrons. The molecule has 2 aromatic rings. The molecule has 0 fully saturated rings. The van der Waals surface area contributed by atoms with Crippen LogP contribution < -0.4 is 0 Å². The summed E-state index contributed by atoms with van der Waals surface area (Å²) in [7, 11) is 0. The van der Waals surface area contributed by atoms with Crippen molar-refractivity contribution < 1.29 is 5.11 Å². The first-order chi connectivity index (χ1) is 8.71. The minimum Gasteiger partial charge on any atom is -0.385 e. The Morgan fingerprint density at radius 3 is 2.39 bits per heavy atom. The quantitative estimate of drug-likeness (QED) is 0.860. The number of fused-ring (bicyclic) bond motifs is 1. The van der Waals surface area contributed by atoms with Crippen molar-refractivity contribution in [2.24, 2.45) is 0 Å². The SMILES string of the molecule is CCCC(O)(CCC)c1cncc2ccccc12. The lowest BCUT2D eigenvalue weighted by molar-refractivity contribution is 0.0181. The summed E-state index contributed by atoms with van der Waals surface area (Å²) in [6, 6.07) is 8.14. The molecule has 0 aliphatic rings. The first kappa shape index (κ1) is 13.0. The average molecular weight is 243 g/mol. The zero-order valence-corrected chi connectivity index (χ0v) is 11.2. The number of nitrogens with zero attached hydrogens (tertiary/aromatic N) is 1. The van der Waals surface area contributed by atoms with Crippen LogP contribution in [0, 0.1) is 0 Å². The zero-order valence-electron chi connectivity index (χ0n) is 11.2. The van der Waals surface area contributed by atoms with Gasteiger partial charge in [0.1, 0.15) is 0 Å². The molecule has 0 radical (unpaired) electrons. The highest BCUT2D eigenvalue weighted by molar-refractivity contribution is 5.85. The van der Waals surface area contributed by atoms with Crippen molar-refractivity contribution in [3.8, 4) is 0 Å². The largest absolute Gasteiger partial charge is 0.385 e. The Bertz CT molecular complexity index is 510. The lowest BCUT2D eigenvalue weighted by Crippen LogP contribution is -2.25. The van der Waals surface area contributed by atoms with E-state index in [0.29, 0.717) is 0 Å². The van der Waals surface area contributed by atoms with Gasteiger partial charge in [0.25, 0.3) is 0 Å². The van der Waals surface area contributed by atoms with Gasteiger partial charge in [0.2, 0.25) is 0 Å². The fourth-order valence-corrected chi connectivity index (χ4v) is 2.71. The summed E-state index contributed by atoms with van der Waals surface area (Å²) < 4.78 is 0. The lowest BCUT2D eigenvalue weighted by atomic mass is 9.84. The Morgan fingerprint density at radius 2 is 1.72 bits per heavy atom. The summed E-state index contributed by atoms with van der Waals surface area (Å²) in [5.74, 6) is 0. The van der Waals surface area contributed by atoms with Crippen LogP contribution in [0.2, 0.25) is 0 Å². The van der Waals surface area contributed by atoms with Gasteiger partial charge in [-0.05, 0) is 18.2 Å². The molecular formula is C16H21NO. The monoisotopic (exact) mass is 243 g/mol. The molecule has 0 aliphatic heterocycles. The fraction of sp³-hybridized carbons (Fsp3) is 0.438. The topological polar surface area (TPSA) is 33.1 Å². The third-order valence-electron chi connectivity index (χ3n) is 3.50. The normalized spacial score (nSPS) is 11.9. The van der Waals surface area contributed by atoms with E-state index in [9.17, 15) is 5.11 Å². The molecule has 0 spiro atoms. The standard InChI is InChI=1S/C16H21NO/c1-3-9-16(18,10-4-2)15-12-17-11-13-7-5-6-8-14(13)15/h5-8,11-12,18H,3-4,9-10H2,1-2H3. The predicted molar refractivity (Wildman–Crippen MR) is 75.5 cm³/mol. The van der Waals surface area contributed by atoms with Gasteiger partial charge >= 0.3 is 0 Å². The summed E-state index contributed by atoms with van der Waals surface area (Å²) in [6.45, 7) is 4.22. The summed E-state index contributed by atoms with van der Waals surface area (Å²) in [6.07, 6.45) is 7.21. The van der Waals surface area contributed by atoms with Gasteiger partial charge < -0.3 is 5.11 Å². The van der Waals surface area contributed by atoms with Crippen molar-refractivity contribution in [3.05, 3.63) is 42.2 Å². The molecule has 0 saturated heterocycles. The molecule has 0 aliphatic carbocycles. The molecule has 2 nitrogen and oxygen atoms in total. The molecule has 1 aromatic carbocycles. The van der Waals surface area contributed by atoms with Crippen LogP contribution in [0.5, 0.6) is 0 Å². The Balaban J connectivity index is 2.56. The van der Waals surface area contributed by atoms with E-state index in [1.54, 1.807) is 0 Å². The van der Waals surface area contributed by atoms with Gasteiger partial charge in [-0.15, -0.1) is 0 Å². The summed E-state index contributed by atoms with van der Waals surface area (Å²) in [5, 5.41) is 13.2.